The lowest BCUT2D eigenvalue weighted by Crippen LogP contribution is -2.34. The van der Waals surface area contributed by atoms with E-state index in [1.54, 1.807) is 48.5 Å². The van der Waals surface area contributed by atoms with Gasteiger partial charge < -0.3 is 39.2 Å². The molecule has 3 aromatic carbocycles. The van der Waals surface area contributed by atoms with E-state index in [0.717, 1.165) is 18.5 Å². The molecule has 0 saturated carbocycles. The molecule has 1 aliphatic carbocycles. The van der Waals surface area contributed by atoms with E-state index < -0.39 is 48.3 Å². The van der Waals surface area contributed by atoms with Crippen molar-refractivity contribution in [2.24, 2.45) is 5.92 Å². The molecule has 0 amide bonds. The normalized spacial score (nSPS) is 21.9. The Balaban J connectivity index is 1.49. The van der Waals surface area contributed by atoms with Crippen molar-refractivity contribution in [1.82, 2.24) is 5.32 Å². The molecule has 0 unspecified atom stereocenters. The van der Waals surface area contributed by atoms with Crippen LogP contribution in [0.5, 0.6) is 28.7 Å². The highest BCUT2D eigenvalue weighted by molar-refractivity contribution is 5.80. The minimum atomic E-state index is -1.18. The molecule has 3 aliphatic rings. The van der Waals surface area contributed by atoms with Crippen LogP contribution in [-0.2, 0) is 14.4 Å². The summed E-state index contributed by atoms with van der Waals surface area (Å²) in [5, 5.41) is 23.1. The molecule has 0 bridgehead atoms. The summed E-state index contributed by atoms with van der Waals surface area (Å²) in [6, 6.07) is 15.0. The Morgan fingerprint density at radius 3 is 2.43 bits per heavy atom. The highest BCUT2D eigenvalue weighted by Crippen LogP contribution is 2.56. The second kappa shape index (κ2) is 11.2. The molecular formula is C31H29NO10. The first kappa shape index (κ1) is 27.4. The third kappa shape index (κ3) is 5.07. The smallest absolute Gasteiger partial charge is 0.341 e. The van der Waals surface area contributed by atoms with Crippen LogP contribution in [0.3, 0.4) is 0 Å². The number of rotatable bonds is 9. The van der Waals surface area contributed by atoms with Crippen LogP contribution in [0.25, 0.3) is 0 Å². The third-order valence-electron chi connectivity index (χ3n) is 7.96. The molecule has 2 heterocycles. The Bertz CT molecular complexity index is 1550. The Hall–Kier alpha value is -4.77. The van der Waals surface area contributed by atoms with Crippen LogP contribution in [0.1, 0.15) is 46.9 Å². The van der Waals surface area contributed by atoms with Gasteiger partial charge in [0.2, 0.25) is 6.79 Å². The quantitative estimate of drug-likeness (QED) is 0.254. The molecule has 218 valence electrons. The molecule has 1 fully saturated rings. The highest BCUT2D eigenvalue weighted by Gasteiger charge is 2.48. The second-order valence-corrected chi connectivity index (χ2v) is 10.4. The first-order valence-electron chi connectivity index (χ1n) is 13.6. The van der Waals surface area contributed by atoms with Crippen LogP contribution in [0.2, 0.25) is 0 Å². The van der Waals surface area contributed by atoms with Gasteiger partial charge in [-0.2, -0.15) is 0 Å². The summed E-state index contributed by atoms with van der Waals surface area (Å²) in [5.74, 6) is -3.10. The molecule has 11 nitrogen and oxygen atoms in total. The molecule has 3 N–H and O–H groups in total. The number of hydrogen-bond acceptors (Lipinski definition) is 9. The van der Waals surface area contributed by atoms with Crippen LogP contribution in [0.4, 0.5) is 0 Å². The molecule has 0 spiro atoms. The summed E-state index contributed by atoms with van der Waals surface area (Å²) in [7, 11) is 1.47. The average Bonchev–Trinajstić information content (AvgIpc) is 3.74. The van der Waals surface area contributed by atoms with Gasteiger partial charge in [0.15, 0.2) is 18.1 Å². The lowest BCUT2D eigenvalue weighted by atomic mass is 9.79. The second-order valence-electron chi connectivity index (χ2n) is 10.4. The maximum Gasteiger partial charge on any atom is 0.341 e. The molecule has 4 atom stereocenters. The van der Waals surface area contributed by atoms with Crippen LogP contribution in [0.15, 0.2) is 54.6 Å². The molecule has 0 aromatic heterocycles. The van der Waals surface area contributed by atoms with Crippen LogP contribution in [-0.4, -0.2) is 61.2 Å². The van der Waals surface area contributed by atoms with Crippen molar-refractivity contribution < 1.29 is 48.3 Å². The zero-order valence-corrected chi connectivity index (χ0v) is 22.7. The van der Waals surface area contributed by atoms with E-state index in [2.05, 4.69) is 5.32 Å². The molecule has 3 aromatic rings. The van der Waals surface area contributed by atoms with Crippen LogP contribution in [0, 0.1) is 5.92 Å². The number of carbonyl (C=O) groups excluding carboxylic acids is 1. The molecule has 2 aliphatic heterocycles. The predicted octanol–water partition coefficient (Wildman–Crippen LogP) is 3.52. The third-order valence-corrected chi connectivity index (χ3v) is 7.96. The molecule has 0 radical (unpaired) electrons. The van der Waals surface area contributed by atoms with Gasteiger partial charge in [0.25, 0.3) is 0 Å². The average molecular weight is 576 g/mol. The van der Waals surface area contributed by atoms with Gasteiger partial charge >= 0.3 is 17.9 Å². The van der Waals surface area contributed by atoms with Gasteiger partial charge in [-0.1, -0.05) is 18.2 Å². The van der Waals surface area contributed by atoms with E-state index in [0.29, 0.717) is 40.4 Å². The summed E-state index contributed by atoms with van der Waals surface area (Å²) in [6.07, 6.45) is 1.55. The first-order valence-corrected chi connectivity index (χ1v) is 13.6. The van der Waals surface area contributed by atoms with Gasteiger partial charge in [-0.3, -0.25) is 4.79 Å². The molecular weight excluding hydrogens is 546 g/mol. The van der Waals surface area contributed by atoms with Crippen molar-refractivity contribution >= 4 is 17.9 Å². The van der Waals surface area contributed by atoms with E-state index in [4.69, 9.17) is 23.7 Å². The lowest BCUT2D eigenvalue weighted by molar-refractivity contribution is -0.142. The molecule has 1 saturated heterocycles. The van der Waals surface area contributed by atoms with Gasteiger partial charge in [0.05, 0.1) is 13.0 Å². The zero-order chi connectivity index (χ0) is 29.4. The number of methoxy groups -OCH3 is 1. The van der Waals surface area contributed by atoms with Crippen molar-refractivity contribution in [1.29, 1.82) is 0 Å². The fraction of sp³-hybridized carbons (Fsp3) is 0.323. The summed E-state index contributed by atoms with van der Waals surface area (Å²) in [6.45, 7) is 0.182. The number of esters is 1. The van der Waals surface area contributed by atoms with Crippen molar-refractivity contribution in [2.75, 3.05) is 27.1 Å². The monoisotopic (exact) mass is 575 g/mol. The standard InChI is InChI=1S/C31H29NO10/c1-38-17-5-8-20(24(13-17)39-14-26(33)34)28-21-12-18(42-31(37)22-3-2-10-32-22)6-7-19(21)27(29(28)30(35)36)16-4-9-23-25(11-16)41-15-40-23/h4-9,11-13,22,27-29,32H,2-3,10,14-15H2,1H3,(H,33,34)(H,35,36)/t22-,27-,28+,29+/m0/s1. The largest absolute Gasteiger partial charge is 0.497 e. The maximum absolute atomic E-state index is 13.1. The predicted molar refractivity (Wildman–Crippen MR) is 147 cm³/mol. The summed E-state index contributed by atoms with van der Waals surface area (Å²) in [5.41, 5.74) is 2.52. The van der Waals surface area contributed by atoms with E-state index in [1.807, 2.05) is 6.07 Å². The van der Waals surface area contributed by atoms with Gasteiger partial charge in [0.1, 0.15) is 23.3 Å². The minimum absolute atomic E-state index is 0.0751. The molecule has 42 heavy (non-hydrogen) atoms. The summed E-state index contributed by atoms with van der Waals surface area (Å²) < 4.78 is 27.8. The number of benzene rings is 3. The zero-order valence-electron chi connectivity index (χ0n) is 22.7. The summed E-state index contributed by atoms with van der Waals surface area (Å²) in [4.78, 5) is 37.3. The number of ether oxygens (including phenoxy) is 5. The van der Waals surface area contributed by atoms with E-state index in [1.165, 1.54) is 7.11 Å². The van der Waals surface area contributed by atoms with Crippen LogP contribution < -0.4 is 29.0 Å². The topological polar surface area (TPSA) is 150 Å². The van der Waals surface area contributed by atoms with Crippen molar-refractivity contribution in [3.05, 3.63) is 76.9 Å². The number of nitrogens with one attached hydrogen (secondary N) is 1. The van der Waals surface area contributed by atoms with Gasteiger partial charge in [-0.25, -0.2) is 9.59 Å². The number of fused-ring (bicyclic) bond motifs is 2. The Morgan fingerprint density at radius 2 is 1.69 bits per heavy atom. The fourth-order valence-electron chi connectivity index (χ4n) is 6.12. The highest BCUT2D eigenvalue weighted by atomic mass is 16.7. The Kier molecular flexibility index (Phi) is 7.34. The first-order chi connectivity index (χ1) is 20.3. The lowest BCUT2D eigenvalue weighted by Gasteiger charge is -2.24. The fourth-order valence-corrected chi connectivity index (χ4v) is 6.12. The van der Waals surface area contributed by atoms with E-state index in [9.17, 15) is 24.6 Å². The number of carbonyl (C=O) groups is 3. The maximum atomic E-state index is 13.1. The number of carboxylic acids is 2. The Morgan fingerprint density at radius 1 is 0.905 bits per heavy atom. The van der Waals surface area contributed by atoms with Crippen LogP contribution >= 0.6 is 0 Å². The minimum Gasteiger partial charge on any atom is -0.497 e. The summed E-state index contributed by atoms with van der Waals surface area (Å²) >= 11 is 0. The SMILES string of the molecule is COc1ccc([C@@H]2c3cc(OC(=O)[C@@H]4CCCN4)ccc3[C@H](c3ccc4c(c3)OCO4)[C@H]2C(=O)O)c(OCC(=O)O)c1. The Labute approximate surface area is 240 Å². The molecule has 6 rings (SSSR count). The molecule has 11 heteroatoms. The number of aliphatic carboxylic acids is 2. The van der Waals surface area contributed by atoms with Crippen molar-refractivity contribution in [3.63, 3.8) is 0 Å². The van der Waals surface area contributed by atoms with Crippen molar-refractivity contribution in [2.45, 2.75) is 30.7 Å². The number of hydrogen-bond donors (Lipinski definition) is 3. The van der Waals surface area contributed by atoms with E-state index in [-0.39, 0.29) is 18.3 Å². The van der Waals surface area contributed by atoms with Gasteiger partial charge in [0, 0.05) is 23.5 Å². The van der Waals surface area contributed by atoms with Gasteiger partial charge in [-0.15, -0.1) is 0 Å². The van der Waals surface area contributed by atoms with Crippen molar-refractivity contribution in [3.8, 4) is 28.7 Å². The van der Waals surface area contributed by atoms with E-state index >= 15 is 0 Å². The number of carboxylic acid groups (broad SMARTS) is 2. The van der Waals surface area contributed by atoms with Gasteiger partial charge in [-0.05, 0) is 66.4 Å².